The van der Waals surface area contributed by atoms with Crippen LogP contribution in [-0.2, 0) is 15.8 Å². The van der Waals surface area contributed by atoms with Crippen molar-refractivity contribution in [2.45, 2.75) is 13.1 Å². The Hall–Kier alpha value is -3.16. The number of alkyl halides is 3. The number of nitrogens with one attached hydrogen (secondary N) is 2. The molecule has 0 heterocycles. The molecule has 8 heteroatoms. The maximum Gasteiger partial charge on any atom is 0.416 e. The Morgan fingerprint density at radius 1 is 1.00 bits per heavy atom. The van der Waals surface area contributed by atoms with E-state index in [4.69, 9.17) is 0 Å². The van der Waals surface area contributed by atoms with Crippen LogP contribution >= 0.6 is 0 Å². The van der Waals surface area contributed by atoms with E-state index in [0.717, 1.165) is 35.4 Å². The first-order valence-corrected chi connectivity index (χ1v) is 7.14. The number of halogens is 3. The minimum atomic E-state index is -4.47. The van der Waals surface area contributed by atoms with Gasteiger partial charge in [0.1, 0.15) is 0 Å². The lowest BCUT2D eigenvalue weighted by molar-refractivity contribution is -0.137. The van der Waals surface area contributed by atoms with Crippen LogP contribution in [0.1, 0.15) is 16.7 Å². The van der Waals surface area contributed by atoms with Gasteiger partial charge in [0, 0.05) is 5.69 Å². The average molecular weight is 349 g/mol. The van der Waals surface area contributed by atoms with Crippen molar-refractivity contribution in [2.24, 2.45) is 5.10 Å². The van der Waals surface area contributed by atoms with Crippen LogP contribution in [0.15, 0.2) is 53.6 Å². The molecule has 5 nitrogen and oxygen atoms in total. The normalized spacial score (nSPS) is 11.4. The van der Waals surface area contributed by atoms with Gasteiger partial charge in [-0.25, -0.2) is 5.43 Å². The van der Waals surface area contributed by atoms with Gasteiger partial charge in [-0.05, 0) is 42.3 Å². The summed E-state index contributed by atoms with van der Waals surface area (Å²) in [6.07, 6.45) is -3.08. The van der Waals surface area contributed by atoms with Gasteiger partial charge in [-0.2, -0.15) is 18.3 Å². The van der Waals surface area contributed by atoms with Crippen molar-refractivity contribution in [2.75, 3.05) is 5.32 Å². The zero-order valence-corrected chi connectivity index (χ0v) is 13.1. The van der Waals surface area contributed by atoms with Gasteiger partial charge in [0.2, 0.25) is 0 Å². The van der Waals surface area contributed by atoms with E-state index in [9.17, 15) is 22.8 Å². The Morgan fingerprint density at radius 3 is 2.24 bits per heavy atom. The molecule has 0 atom stereocenters. The van der Waals surface area contributed by atoms with Gasteiger partial charge >= 0.3 is 18.0 Å². The van der Waals surface area contributed by atoms with Crippen molar-refractivity contribution in [1.29, 1.82) is 0 Å². The van der Waals surface area contributed by atoms with Crippen LogP contribution in [0.4, 0.5) is 18.9 Å². The molecule has 0 bridgehead atoms. The fraction of sp³-hybridized carbons (Fsp3) is 0.118. The van der Waals surface area contributed by atoms with E-state index in [-0.39, 0.29) is 5.69 Å². The molecule has 2 aromatic rings. The van der Waals surface area contributed by atoms with Gasteiger partial charge in [-0.1, -0.05) is 24.3 Å². The summed E-state index contributed by atoms with van der Waals surface area (Å²) in [6, 6.07) is 11.0. The van der Waals surface area contributed by atoms with Crippen molar-refractivity contribution in [3.63, 3.8) is 0 Å². The van der Waals surface area contributed by atoms with E-state index in [1.165, 1.54) is 6.21 Å². The topological polar surface area (TPSA) is 70.6 Å². The maximum atomic E-state index is 12.5. The Morgan fingerprint density at radius 2 is 1.64 bits per heavy atom. The molecule has 0 spiro atoms. The number of hydrogen-bond donors (Lipinski definition) is 2. The summed E-state index contributed by atoms with van der Waals surface area (Å²) < 4.78 is 37.4. The van der Waals surface area contributed by atoms with Gasteiger partial charge in [-0.15, -0.1) is 0 Å². The van der Waals surface area contributed by atoms with Gasteiger partial charge in [0.05, 0.1) is 11.8 Å². The van der Waals surface area contributed by atoms with Gasteiger partial charge in [0.15, 0.2) is 0 Å². The molecule has 2 amide bonds. The molecule has 25 heavy (non-hydrogen) atoms. The summed E-state index contributed by atoms with van der Waals surface area (Å²) in [4.78, 5) is 23.3. The zero-order valence-electron chi connectivity index (χ0n) is 13.1. The van der Waals surface area contributed by atoms with Gasteiger partial charge in [-0.3, -0.25) is 9.59 Å². The maximum absolute atomic E-state index is 12.5. The number of anilines is 1. The number of amides is 2. The van der Waals surface area contributed by atoms with E-state index in [1.807, 2.05) is 19.1 Å². The van der Waals surface area contributed by atoms with Crippen molar-refractivity contribution in [1.82, 2.24) is 5.43 Å². The van der Waals surface area contributed by atoms with Crippen molar-refractivity contribution < 1.29 is 22.8 Å². The summed E-state index contributed by atoms with van der Waals surface area (Å²) in [5, 5.41) is 5.87. The number of carbonyl (C=O) groups excluding carboxylic acids is 2. The largest absolute Gasteiger partial charge is 0.416 e. The second-order valence-corrected chi connectivity index (χ2v) is 5.08. The highest BCUT2D eigenvalue weighted by Gasteiger charge is 2.30. The first-order valence-electron chi connectivity index (χ1n) is 7.14. The molecule has 0 aliphatic rings. The molecule has 0 radical (unpaired) electrons. The highest BCUT2D eigenvalue weighted by atomic mass is 19.4. The molecule has 0 fully saturated rings. The third-order valence-corrected chi connectivity index (χ3v) is 3.23. The Bertz CT molecular complexity index is 800. The fourth-order valence-corrected chi connectivity index (χ4v) is 1.87. The Balaban J connectivity index is 1.92. The molecule has 0 aromatic heterocycles. The minimum Gasteiger partial charge on any atom is -0.318 e. The monoisotopic (exact) mass is 349 g/mol. The number of nitrogens with zero attached hydrogens (tertiary/aromatic N) is 1. The highest BCUT2D eigenvalue weighted by Crippen LogP contribution is 2.29. The molecule has 2 aromatic carbocycles. The number of aryl methyl sites for hydroxylation is 1. The predicted octanol–water partition coefficient (Wildman–Crippen LogP) is 3.10. The molecule has 0 unspecified atom stereocenters. The van der Waals surface area contributed by atoms with Crippen molar-refractivity contribution in [3.05, 3.63) is 65.2 Å². The Kier molecular flexibility index (Phi) is 5.53. The third kappa shape index (κ3) is 5.17. The molecular weight excluding hydrogens is 335 g/mol. The average Bonchev–Trinajstić information content (AvgIpc) is 2.56. The van der Waals surface area contributed by atoms with E-state index in [1.54, 1.807) is 12.1 Å². The Labute approximate surface area is 141 Å². The van der Waals surface area contributed by atoms with E-state index in [2.05, 4.69) is 15.8 Å². The SMILES string of the molecule is Cc1ccccc1/C=N/NC(=O)C(=O)Nc1ccc(C(F)(F)F)cc1. The third-order valence-electron chi connectivity index (χ3n) is 3.23. The smallest absolute Gasteiger partial charge is 0.318 e. The minimum absolute atomic E-state index is 0.0658. The number of carbonyl (C=O) groups is 2. The molecular formula is C17H14F3N3O2. The summed E-state index contributed by atoms with van der Waals surface area (Å²) in [7, 11) is 0. The number of benzene rings is 2. The van der Waals surface area contributed by atoms with E-state index < -0.39 is 23.6 Å². The second-order valence-electron chi connectivity index (χ2n) is 5.08. The molecule has 0 saturated heterocycles. The van der Waals surface area contributed by atoms with Crippen molar-refractivity contribution >= 4 is 23.7 Å². The van der Waals surface area contributed by atoms with Crippen LogP contribution in [0.2, 0.25) is 0 Å². The summed E-state index contributed by atoms with van der Waals surface area (Å²) >= 11 is 0. The quantitative estimate of drug-likeness (QED) is 0.508. The van der Waals surface area contributed by atoms with Gasteiger partial charge < -0.3 is 5.32 Å². The number of rotatable bonds is 3. The molecule has 2 N–H and O–H groups in total. The van der Waals surface area contributed by atoms with E-state index >= 15 is 0 Å². The molecule has 0 aliphatic heterocycles. The first-order chi connectivity index (χ1) is 11.8. The lowest BCUT2D eigenvalue weighted by Gasteiger charge is -2.08. The first kappa shape index (κ1) is 18.2. The molecule has 130 valence electrons. The van der Waals surface area contributed by atoms with Gasteiger partial charge in [0.25, 0.3) is 0 Å². The standard InChI is InChI=1S/C17H14F3N3O2/c1-11-4-2-3-5-12(11)10-21-23-16(25)15(24)22-14-8-6-13(7-9-14)17(18,19)20/h2-10H,1H3,(H,22,24)(H,23,25)/b21-10+. The van der Waals surface area contributed by atoms with Crippen LogP contribution in [0, 0.1) is 6.92 Å². The zero-order chi connectivity index (χ0) is 18.4. The lowest BCUT2D eigenvalue weighted by Crippen LogP contribution is -2.32. The summed E-state index contributed by atoms with van der Waals surface area (Å²) in [5.41, 5.74) is 2.98. The summed E-state index contributed by atoms with van der Waals surface area (Å²) in [5.74, 6) is -2.08. The lowest BCUT2D eigenvalue weighted by atomic mass is 10.1. The van der Waals surface area contributed by atoms with Crippen LogP contribution in [-0.4, -0.2) is 18.0 Å². The molecule has 2 rings (SSSR count). The van der Waals surface area contributed by atoms with Crippen molar-refractivity contribution in [3.8, 4) is 0 Å². The van der Waals surface area contributed by atoms with E-state index in [0.29, 0.717) is 0 Å². The molecule has 0 saturated carbocycles. The molecule has 0 aliphatic carbocycles. The van der Waals surface area contributed by atoms with Crippen LogP contribution in [0.5, 0.6) is 0 Å². The van der Waals surface area contributed by atoms with Crippen LogP contribution < -0.4 is 10.7 Å². The highest BCUT2D eigenvalue weighted by molar-refractivity contribution is 6.39. The van der Waals surface area contributed by atoms with Crippen LogP contribution in [0.25, 0.3) is 0 Å². The van der Waals surface area contributed by atoms with Crippen LogP contribution in [0.3, 0.4) is 0 Å². The second kappa shape index (κ2) is 7.61. The predicted molar refractivity (Wildman–Crippen MR) is 87.0 cm³/mol. The summed E-state index contributed by atoms with van der Waals surface area (Å²) in [6.45, 7) is 1.86. The number of hydrazone groups is 1. The fourth-order valence-electron chi connectivity index (χ4n) is 1.87. The number of hydrogen-bond acceptors (Lipinski definition) is 3.